The molecule has 0 fully saturated rings. The standard InChI is InChI=1S/C16H15N3O2/c1-20-13-8-6-12(7-9-13)18-16-17-10-11-4-3-5-14(21-2)15(11)19-16/h3-10H,1-2H3,(H,17,18,19). The third kappa shape index (κ3) is 2.72. The van der Waals surface area contributed by atoms with Crippen LogP contribution in [0, 0.1) is 0 Å². The molecule has 21 heavy (non-hydrogen) atoms. The van der Waals surface area contributed by atoms with Crippen LogP contribution in [0.3, 0.4) is 0 Å². The molecule has 5 heteroatoms. The van der Waals surface area contributed by atoms with Gasteiger partial charge in [0.15, 0.2) is 0 Å². The molecule has 3 aromatic rings. The van der Waals surface area contributed by atoms with Crippen molar-refractivity contribution in [2.75, 3.05) is 19.5 Å². The number of aromatic nitrogens is 2. The number of para-hydroxylation sites is 1. The summed E-state index contributed by atoms with van der Waals surface area (Å²) in [5.74, 6) is 2.06. The van der Waals surface area contributed by atoms with E-state index in [1.54, 1.807) is 20.4 Å². The van der Waals surface area contributed by atoms with Gasteiger partial charge in [0.05, 0.1) is 14.2 Å². The molecule has 0 atom stereocenters. The lowest BCUT2D eigenvalue weighted by molar-refractivity contribution is 0.415. The summed E-state index contributed by atoms with van der Waals surface area (Å²) >= 11 is 0. The van der Waals surface area contributed by atoms with E-state index in [1.807, 2.05) is 42.5 Å². The lowest BCUT2D eigenvalue weighted by Crippen LogP contribution is -1.98. The highest BCUT2D eigenvalue weighted by Crippen LogP contribution is 2.25. The Hall–Kier alpha value is -2.82. The average molecular weight is 281 g/mol. The van der Waals surface area contributed by atoms with Crippen molar-refractivity contribution in [2.45, 2.75) is 0 Å². The van der Waals surface area contributed by atoms with E-state index < -0.39 is 0 Å². The topological polar surface area (TPSA) is 56.3 Å². The second-order valence-electron chi connectivity index (χ2n) is 4.45. The van der Waals surface area contributed by atoms with Gasteiger partial charge >= 0.3 is 0 Å². The number of nitrogens with zero attached hydrogens (tertiary/aromatic N) is 2. The van der Waals surface area contributed by atoms with Crippen LogP contribution in [0.25, 0.3) is 10.9 Å². The van der Waals surface area contributed by atoms with E-state index in [0.717, 1.165) is 28.1 Å². The number of methoxy groups -OCH3 is 2. The van der Waals surface area contributed by atoms with Gasteiger partial charge in [-0.15, -0.1) is 0 Å². The number of benzene rings is 2. The smallest absolute Gasteiger partial charge is 0.227 e. The summed E-state index contributed by atoms with van der Waals surface area (Å²) in [4.78, 5) is 8.82. The minimum atomic E-state index is 0.525. The lowest BCUT2D eigenvalue weighted by Gasteiger charge is -2.08. The average Bonchev–Trinajstić information content (AvgIpc) is 2.55. The summed E-state index contributed by atoms with van der Waals surface area (Å²) in [5, 5.41) is 4.10. The highest BCUT2D eigenvalue weighted by atomic mass is 16.5. The summed E-state index contributed by atoms with van der Waals surface area (Å²) in [6.07, 6.45) is 1.77. The third-order valence-corrected chi connectivity index (χ3v) is 3.14. The van der Waals surface area contributed by atoms with Crippen molar-refractivity contribution in [1.82, 2.24) is 9.97 Å². The van der Waals surface area contributed by atoms with Crippen LogP contribution in [-0.2, 0) is 0 Å². The Labute approximate surface area is 122 Å². The van der Waals surface area contributed by atoms with Crippen LogP contribution in [0.2, 0.25) is 0 Å². The maximum atomic E-state index is 5.33. The van der Waals surface area contributed by atoms with Crippen molar-refractivity contribution >= 4 is 22.5 Å². The largest absolute Gasteiger partial charge is 0.497 e. The second-order valence-corrected chi connectivity index (χ2v) is 4.45. The summed E-state index contributed by atoms with van der Waals surface area (Å²) in [7, 11) is 3.27. The molecule has 0 bridgehead atoms. The molecule has 106 valence electrons. The Balaban J connectivity index is 1.93. The molecule has 0 aliphatic carbocycles. The molecule has 5 nitrogen and oxygen atoms in total. The van der Waals surface area contributed by atoms with Gasteiger partial charge < -0.3 is 14.8 Å². The van der Waals surface area contributed by atoms with Gasteiger partial charge in [-0.2, -0.15) is 0 Å². The predicted molar refractivity (Wildman–Crippen MR) is 82.4 cm³/mol. The quantitative estimate of drug-likeness (QED) is 0.794. The van der Waals surface area contributed by atoms with Gasteiger partial charge in [-0.3, -0.25) is 0 Å². The van der Waals surface area contributed by atoms with E-state index in [-0.39, 0.29) is 0 Å². The second kappa shape index (κ2) is 5.66. The van der Waals surface area contributed by atoms with Crippen LogP contribution in [0.4, 0.5) is 11.6 Å². The van der Waals surface area contributed by atoms with Gasteiger partial charge in [-0.1, -0.05) is 12.1 Å². The van der Waals surface area contributed by atoms with Crippen molar-refractivity contribution in [2.24, 2.45) is 0 Å². The van der Waals surface area contributed by atoms with Gasteiger partial charge in [0.2, 0.25) is 5.95 Å². The van der Waals surface area contributed by atoms with Gasteiger partial charge in [-0.25, -0.2) is 9.97 Å². The molecule has 0 saturated carbocycles. The molecule has 1 aromatic heterocycles. The van der Waals surface area contributed by atoms with Crippen molar-refractivity contribution in [1.29, 1.82) is 0 Å². The molecule has 0 radical (unpaired) electrons. The van der Waals surface area contributed by atoms with E-state index in [1.165, 1.54) is 0 Å². The van der Waals surface area contributed by atoms with Gasteiger partial charge in [-0.05, 0) is 30.3 Å². The van der Waals surface area contributed by atoms with Crippen molar-refractivity contribution < 1.29 is 9.47 Å². The maximum absolute atomic E-state index is 5.33. The fourth-order valence-corrected chi connectivity index (χ4v) is 2.06. The van der Waals surface area contributed by atoms with E-state index in [0.29, 0.717) is 5.95 Å². The zero-order chi connectivity index (χ0) is 14.7. The van der Waals surface area contributed by atoms with Crippen LogP contribution in [0.15, 0.2) is 48.7 Å². The number of hydrogen-bond acceptors (Lipinski definition) is 5. The molecule has 0 amide bonds. The molecule has 0 aliphatic heterocycles. The van der Waals surface area contributed by atoms with Gasteiger partial charge in [0, 0.05) is 17.3 Å². The minimum absolute atomic E-state index is 0.525. The summed E-state index contributed by atoms with van der Waals surface area (Å²) in [5.41, 5.74) is 1.68. The number of anilines is 2. The number of fused-ring (bicyclic) bond motifs is 1. The zero-order valence-corrected chi connectivity index (χ0v) is 11.8. The van der Waals surface area contributed by atoms with Crippen molar-refractivity contribution in [3.05, 3.63) is 48.7 Å². The monoisotopic (exact) mass is 281 g/mol. The first kappa shape index (κ1) is 13.2. The lowest BCUT2D eigenvalue weighted by atomic mass is 10.2. The minimum Gasteiger partial charge on any atom is -0.497 e. The number of ether oxygens (including phenoxy) is 2. The van der Waals surface area contributed by atoms with E-state index >= 15 is 0 Å². The summed E-state index contributed by atoms with van der Waals surface area (Å²) in [6.45, 7) is 0. The predicted octanol–water partition coefficient (Wildman–Crippen LogP) is 3.39. The van der Waals surface area contributed by atoms with Crippen molar-refractivity contribution in [3.8, 4) is 11.5 Å². The Morgan fingerprint density at radius 1 is 0.952 bits per heavy atom. The molecule has 0 saturated heterocycles. The Morgan fingerprint density at radius 2 is 1.76 bits per heavy atom. The van der Waals surface area contributed by atoms with Crippen LogP contribution in [0.1, 0.15) is 0 Å². The Bertz CT molecular complexity index is 757. The highest BCUT2D eigenvalue weighted by molar-refractivity contribution is 5.84. The van der Waals surface area contributed by atoms with Crippen LogP contribution < -0.4 is 14.8 Å². The normalized spacial score (nSPS) is 10.4. The molecule has 3 rings (SSSR count). The first-order chi connectivity index (χ1) is 10.3. The van der Waals surface area contributed by atoms with Crippen LogP contribution in [-0.4, -0.2) is 24.2 Å². The molecular weight excluding hydrogens is 266 g/mol. The van der Waals surface area contributed by atoms with Crippen LogP contribution in [0.5, 0.6) is 11.5 Å². The summed E-state index contributed by atoms with van der Waals surface area (Å²) < 4.78 is 10.5. The molecule has 0 unspecified atom stereocenters. The zero-order valence-electron chi connectivity index (χ0n) is 11.8. The van der Waals surface area contributed by atoms with E-state index in [4.69, 9.17) is 9.47 Å². The van der Waals surface area contributed by atoms with E-state index in [9.17, 15) is 0 Å². The van der Waals surface area contributed by atoms with Gasteiger partial charge in [0.25, 0.3) is 0 Å². The summed E-state index contributed by atoms with van der Waals surface area (Å²) in [6, 6.07) is 13.3. The number of nitrogens with one attached hydrogen (secondary N) is 1. The maximum Gasteiger partial charge on any atom is 0.227 e. The van der Waals surface area contributed by atoms with Crippen molar-refractivity contribution in [3.63, 3.8) is 0 Å². The molecule has 0 spiro atoms. The Morgan fingerprint density at radius 3 is 2.48 bits per heavy atom. The van der Waals surface area contributed by atoms with Crippen LogP contribution >= 0.6 is 0 Å². The van der Waals surface area contributed by atoms with Gasteiger partial charge in [0.1, 0.15) is 17.0 Å². The highest BCUT2D eigenvalue weighted by Gasteiger charge is 2.05. The van der Waals surface area contributed by atoms with E-state index in [2.05, 4.69) is 15.3 Å². The SMILES string of the molecule is COc1ccc(Nc2ncc3cccc(OC)c3n2)cc1. The fourth-order valence-electron chi connectivity index (χ4n) is 2.06. The Kier molecular flexibility index (Phi) is 3.55. The third-order valence-electron chi connectivity index (χ3n) is 3.14. The molecule has 1 N–H and O–H groups in total. The first-order valence-corrected chi connectivity index (χ1v) is 6.51. The molecule has 2 aromatic carbocycles. The molecule has 1 heterocycles. The first-order valence-electron chi connectivity index (χ1n) is 6.51. The number of rotatable bonds is 4. The molecule has 0 aliphatic rings. The fraction of sp³-hybridized carbons (Fsp3) is 0.125. The molecular formula is C16H15N3O2. The number of hydrogen-bond donors (Lipinski definition) is 1.